The number of hydrogen-bond donors (Lipinski definition) is 2. The van der Waals surface area contributed by atoms with Crippen molar-refractivity contribution in [2.45, 2.75) is 18.6 Å². The summed E-state index contributed by atoms with van der Waals surface area (Å²) < 4.78 is 0.738. The molecule has 1 heterocycles. The maximum absolute atomic E-state index is 5.64. The number of thioether (sulfide) groups is 1. The van der Waals surface area contributed by atoms with Crippen molar-refractivity contribution in [2.24, 2.45) is 0 Å². The fraction of sp³-hybridized carbons (Fsp3) is 0.556. The summed E-state index contributed by atoms with van der Waals surface area (Å²) in [5.74, 6) is 1.22. The molecule has 1 aromatic rings. The van der Waals surface area contributed by atoms with Crippen molar-refractivity contribution in [1.82, 2.24) is 9.97 Å². The van der Waals surface area contributed by atoms with Crippen LogP contribution in [0.4, 0.5) is 11.6 Å². The number of nitrogens with one attached hydrogen (secondary N) is 1. The van der Waals surface area contributed by atoms with E-state index in [9.17, 15) is 0 Å². The van der Waals surface area contributed by atoms with Gasteiger partial charge in [0.25, 0.3) is 0 Å². The molecule has 1 rings (SSSR count). The third kappa shape index (κ3) is 3.87. The number of aromatic nitrogens is 2. The third-order valence-corrected chi connectivity index (χ3v) is 3.88. The monoisotopic (exact) mass is 290 g/mol. The van der Waals surface area contributed by atoms with E-state index in [2.05, 4.69) is 44.4 Å². The molecule has 1 aromatic heterocycles. The van der Waals surface area contributed by atoms with Gasteiger partial charge in [-0.15, -0.1) is 0 Å². The highest BCUT2D eigenvalue weighted by atomic mass is 79.9. The number of hydrogen-bond acceptors (Lipinski definition) is 5. The SMILES string of the molecule is CSC(C)CCNc1ncnc(N)c1Br. The fourth-order valence-corrected chi connectivity index (χ4v) is 1.72. The topological polar surface area (TPSA) is 63.8 Å². The van der Waals surface area contributed by atoms with Crippen molar-refractivity contribution >= 4 is 39.3 Å². The number of nitrogens with two attached hydrogens (primary N) is 1. The van der Waals surface area contributed by atoms with Gasteiger partial charge in [-0.05, 0) is 28.6 Å². The molecule has 0 aliphatic rings. The lowest BCUT2D eigenvalue weighted by Crippen LogP contribution is -2.10. The van der Waals surface area contributed by atoms with Gasteiger partial charge in [0.1, 0.15) is 22.4 Å². The Kier molecular flexibility index (Phi) is 5.17. The van der Waals surface area contributed by atoms with Crippen molar-refractivity contribution in [1.29, 1.82) is 0 Å². The Morgan fingerprint density at radius 2 is 2.33 bits per heavy atom. The van der Waals surface area contributed by atoms with E-state index in [1.807, 2.05) is 11.8 Å². The van der Waals surface area contributed by atoms with Gasteiger partial charge in [0.2, 0.25) is 0 Å². The second-order valence-electron chi connectivity index (χ2n) is 3.18. The minimum absolute atomic E-state index is 0.463. The molecule has 6 heteroatoms. The van der Waals surface area contributed by atoms with Crippen LogP contribution in [0, 0.1) is 0 Å². The number of rotatable bonds is 5. The average molecular weight is 291 g/mol. The van der Waals surface area contributed by atoms with Gasteiger partial charge in [-0.3, -0.25) is 0 Å². The molecule has 0 aliphatic heterocycles. The molecule has 0 saturated carbocycles. The van der Waals surface area contributed by atoms with Crippen LogP contribution in [0.1, 0.15) is 13.3 Å². The minimum Gasteiger partial charge on any atom is -0.383 e. The van der Waals surface area contributed by atoms with Gasteiger partial charge in [0, 0.05) is 11.8 Å². The van der Waals surface area contributed by atoms with E-state index in [1.165, 1.54) is 6.33 Å². The molecule has 4 nitrogen and oxygen atoms in total. The number of halogens is 1. The third-order valence-electron chi connectivity index (χ3n) is 2.06. The van der Waals surface area contributed by atoms with Gasteiger partial charge < -0.3 is 11.1 Å². The van der Waals surface area contributed by atoms with Crippen LogP contribution in [0.25, 0.3) is 0 Å². The molecule has 84 valence electrons. The van der Waals surface area contributed by atoms with Crippen LogP contribution in [0.2, 0.25) is 0 Å². The van der Waals surface area contributed by atoms with Crippen molar-refractivity contribution in [3.8, 4) is 0 Å². The molecule has 1 unspecified atom stereocenters. The van der Waals surface area contributed by atoms with Gasteiger partial charge in [-0.1, -0.05) is 6.92 Å². The first-order valence-corrected chi connectivity index (χ1v) is 6.76. The maximum atomic E-state index is 5.64. The molecule has 0 fully saturated rings. The van der Waals surface area contributed by atoms with E-state index in [0.717, 1.165) is 23.3 Å². The maximum Gasteiger partial charge on any atom is 0.145 e. The van der Waals surface area contributed by atoms with E-state index >= 15 is 0 Å². The summed E-state index contributed by atoms with van der Waals surface area (Å²) in [5.41, 5.74) is 5.64. The molecular weight excluding hydrogens is 276 g/mol. The first-order valence-electron chi connectivity index (χ1n) is 4.67. The minimum atomic E-state index is 0.463. The van der Waals surface area contributed by atoms with Crippen LogP contribution in [0.3, 0.4) is 0 Å². The molecule has 15 heavy (non-hydrogen) atoms. The Balaban J connectivity index is 2.47. The van der Waals surface area contributed by atoms with E-state index in [4.69, 9.17) is 5.73 Å². The summed E-state index contributed by atoms with van der Waals surface area (Å²) in [4.78, 5) is 7.98. The van der Waals surface area contributed by atoms with Crippen LogP contribution in [-0.2, 0) is 0 Å². The van der Waals surface area contributed by atoms with Crippen LogP contribution < -0.4 is 11.1 Å². The normalized spacial score (nSPS) is 12.5. The molecule has 0 aliphatic carbocycles. The van der Waals surface area contributed by atoms with Gasteiger partial charge in [-0.25, -0.2) is 9.97 Å². The van der Waals surface area contributed by atoms with Crippen molar-refractivity contribution in [3.05, 3.63) is 10.8 Å². The zero-order valence-corrected chi connectivity index (χ0v) is 11.2. The lowest BCUT2D eigenvalue weighted by Gasteiger charge is -2.10. The first-order chi connectivity index (χ1) is 7.15. The van der Waals surface area contributed by atoms with E-state index in [-0.39, 0.29) is 0 Å². The van der Waals surface area contributed by atoms with Crippen LogP contribution in [0.5, 0.6) is 0 Å². The summed E-state index contributed by atoms with van der Waals surface area (Å²) >= 11 is 5.20. The summed E-state index contributed by atoms with van der Waals surface area (Å²) in [6, 6.07) is 0. The molecular formula is C9H15BrN4S. The zero-order valence-electron chi connectivity index (χ0n) is 8.83. The lowest BCUT2D eigenvalue weighted by molar-refractivity contribution is 0.848. The Morgan fingerprint density at radius 3 is 3.00 bits per heavy atom. The molecule has 0 amide bonds. The highest BCUT2D eigenvalue weighted by molar-refractivity contribution is 9.10. The van der Waals surface area contributed by atoms with E-state index < -0.39 is 0 Å². The van der Waals surface area contributed by atoms with Crippen molar-refractivity contribution in [3.63, 3.8) is 0 Å². The molecule has 0 spiro atoms. The van der Waals surface area contributed by atoms with E-state index in [1.54, 1.807) is 0 Å². The molecule has 0 radical (unpaired) electrons. The van der Waals surface area contributed by atoms with Gasteiger partial charge in [-0.2, -0.15) is 11.8 Å². The molecule has 0 saturated heterocycles. The Bertz CT molecular complexity index is 321. The summed E-state index contributed by atoms with van der Waals surface area (Å²) in [6.45, 7) is 3.09. The second kappa shape index (κ2) is 6.17. The van der Waals surface area contributed by atoms with Crippen LogP contribution in [-0.4, -0.2) is 28.0 Å². The predicted octanol–water partition coefficient (Wildman–Crippen LogP) is 2.37. The van der Waals surface area contributed by atoms with E-state index in [0.29, 0.717) is 11.1 Å². The molecule has 0 aromatic carbocycles. The fourth-order valence-electron chi connectivity index (χ4n) is 1.02. The molecule has 1 atom stereocenters. The Hall–Kier alpha value is -0.490. The number of nitrogen functional groups attached to an aromatic ring is 1. The first kappa shape index (κ1) is 12.6. The summed E-state index contributed by atoms with van der Waals surface area (Å²) in [5, 5.41) is 3.88. The summed E-state index contributed by atoms with van der Waals surface area (Å²) in [7, 11) is 0. The zero-order chi connectivity index (χ0) is 11.3. The largest absolute Gasteiger partial charge is 0.383 e. The van der Waals surface area contributed by atoms with Gasteiger partial charge >= 0.3 is 0 Å². The smallest absolute Gasteiger partial charge is 0.145 e. The standard InChI is InChI=1S/C9H15BrN4S/c1-6(15-2)3-4-12-9-7(10)8(11)13-5-14-9/h5-6H,3-4H2,1-2H3,(H3,11,12,13,14). The molecule has 0 bridgehead atoms. The average Bonchev–Trinajstić information content (AvgIpc) is 2.24. The van der Waals surface area contributed by atoms with Gasteiger partial charge in [0.05, 0.1) is 0 Å². The highest BCUT2D eigenvalue weighted by Crippen LogP contribution is 2.23. The van der Waals surface area contributed by atoms with Crippen molar-refractivity contribution < 1.29 is 0 Å². The number of nitrogens with zero attached hydrogens (tertiary/aromatic N) is 2. The lowest BCUT2D eigenvalue weighted by atomic mass is 10.3. The second-order valence-corrected chi connectivity index (χ2v) is 5.25. The van der Waals surface area contributed by atoms with Crippen LogP contribution >= 0.6 is 27.7 Å². The Labute approximate surface area is 103 Å². The van der Waals surface area contributed by atoms with Crippen molar-refractivity contribution in [2.75, 3.05) is 23.9 Å². The highest BCUT2D eigenvalue weighted by Gasteiger charge is 2.05. The predicted molar refractivity (Wildman–Crippen MR) is 70.2 cm³/mol. The molecule has 3 N–H and O–H groups in total. The Morgan fingerprint density at radius 1 is 1.60 bits per heavy atom. The number of anilines is 2. The quantitative estimate of drug-likeness (QED) is 0.872. The summed E-state index contributed by atoms with van der Waals surface area (Å²) in [6.07, 6.45) is 4.67. The van der Waals surface area contributed by atoms with Crippen LogP contribution in [0.15, 0.2) is 10.8 Å². The van der Waals surface area contributed by atoms with Gasteiger partial charge in [0.15, 0.2) is 0 Å².